The van der Waals surface area contributed by atoms with E-state index in [4.69, 9.17) is 4.74 Å². The van der Waals surface area contributed by atoms with Crippen molar-refractivity contribution in [2.75, 3.05) is 11.9 Å². The Balaban J connectivity index is 2.20. The van der Waals surface area contributed by atoms with Crippen molar-refractivity contribution < 1.29 is 4.74 Å². The summed E-state index contributed by atoms with van der Waals surface area (Å²) in [4.78, 5) is 0. The topological polar surface area (TPSA) is 9.23 Å². The molecule has 96 valence electrons. The van der Waals surface area contributed by atoms with E-state index >= 15 is 0 Å². The van der Waals surface area contributed by atoms with Gasteiger partial charge in [-0.1, -0.05) is 60.7 Å². The van der Waals surface area contributed by atoms with Crippen molar-refractivity contribution in [2.24, 2.45) is 0 Å². The molecule has 1 aromatic rings. The van der Waals surface area contributed by atoms with Crippen LogP contribution in [0.2, 0.25) is 0 Å². The summed E-state index contributed by atoms with van der Waals surface area (Å²) in [6.07, 6.45) is 7.93. The summed E-state index contributed by atoms with van der Waals surface area (Å²) in [5.74, 6) is 0.971. The summed E-state index contributed by atoms with van der Waals surface area (Å²) in [5.41, 5.74) is 1.42. The minimum atomic E-state index is 0.733. The highest BCUT2D eigenvalue weighted by Gasteiger charge is 1.96. The van der Waals surface area contributed by atoms with Gasteiger partial charge in [0.1, 0.15) is 5.75 Å². The lowest BCUT2D eigenvalue weighted by Crippen LogP contribution is -1.97. The first-order valence-electron chi connectivity index (χ1n) is 6.64. The van der Waals surface area contributed by atoms with Gasteiger partial charge in [0.2, 0.25) is 0 Å². The monoisotopic (exact) mass is 298 g/mol. The van der Waals surface area contributed by atoms with Crippen LogP contribution in [0.4, 0.5) is 0 Å². The quantitative estimate of drug-likeness (QED) is 0.462. The van der Waals surface area contributed by atoms with Gasteiger partial charge >= 0.3 is 0 Å². The Hall–Kier alpha value is -0.500. The third kappa shape index (κ3) is 6.72. The molecule has 0 aliphatic rings. The summed E-state index contributed by atoms with van der Waals surface area (Å²) < 4.78 is 5.52. The van der Waals surface area contributed by atoms with Gasteiger partial charge in [-0.15, -0.1) is 0 Å². The van der Waals surface area contributed by atoms with Crippen molar-refractivity contribution in [2.45, 2.75) is 45.4 Å². The fourth-order valence-corrected chi connectivity index (χ4v) is 2.00. The van der Waals surface area contributed by atoms with Gasteiger partial charge in [0.15, 0.2) is 0 Å². The van der Waals surface area contributed by atoms with Gasteiger partial charge in [-0.2, -0.15) is 0 Å². The molecule has 1 aromatic carbocycles. The van der Waals surface area contributed by atoms with Gasteiger partial charge < -0.3 is 4.74 Å². The zero-order valence-electron chi connectivity index (χ0n) is 10.8. The number of unbranched alkanes of at least 4 members (excludes halogenated alkanes) is 4. The number of benzene rings is 1. The van der Waals surface area contributed by atoms with Crippen molar-refractivity contribution in [1.82, 2.24) is 0 Å². The average Bonchev–Trinajstić information content (AvgIpc) is 2.37. The SMILES string of the molecule is CCCCCCCc1ccc(OCCBr)cc1. The average molecular weight is 299 g/mol. The normalized spacial score (nSPS) is 10.5. The highest BCUT2D eigenvalue weighted by atomic mass is 79.9. The van der Waals surface area contributed by atoms with E-state index in [9.17, 15) is 0 Å². The second kappa shape index (κ2) is 9.52. The third-order valence-electron chi connectivity index (χ3n) is 2.84. The van der Waals surface area contributed by atoms with Crippen molar-refractivity contribution in [3.63, 3.8) is 0 Å². The Morgan fingerprint density at radius 2 is 1.71 bits per heavy atom. The minimum Gasteiger partial charge on any atom is -0.493 e. The molecule has 0 amide bonds. The van der Waals surface area contributed by atoms with Crippen LogP contribution in [0.1, 0.15) is 44.6 Å². The molecule has 17 heavy (non-hydrogen) atoms. The second-order valence-electron chi connectivity index (χ2n) is 4.35. The van der Waals surface area contributed by atoms with Crippen LogP contribution in [0.25, 0.3) is 0 Å². The van der Waals surface area contributed by atoms with Crippen LogP contribution in [-0.2, 0) is 6.42 Å². The van der Waals surface area contributed by atoms with Gasteiger partial charge in [-0.25, -0.2) is 0 Å². The Labute approximate surface area is 114 Å². The molecule has 0 atom stereocenters. The van der Waals surface area contributed by atoms with Crippen LogP contribution in [0.5, 0.6) is 5.75 Å². The fourth-order valence-electron chi connectivity index (χ4n) is 1.84. The predicted octanol–water partition coefficient (Wildman–Crippen LogP) is 4.97. The maximum Gasteiger partial charge on any atom is 0.119 e. The van der Waals surface area contributed by atoms with E-state index in [0.29, 0.717) is 0 Å². The molecule has 0 spiro atoms. The molecular weight excluding hydrogens is 276 g/mol. The van der Waals surface area contributed by atoms with E-state index in [0.717, 1.165) is 17.7 Å². The summed E-state index contributed by atoms with van der Waals surface area (Å²) in [5, 5.41) is 0.881. The first-order chi connectivity index (χ1) is 8.36. The molecule has 0 N–H and O–H groups in total. The van der Waals surface area contributed by atoms with Crippen LogP contribution in [0.15, 0.2) is 24.3 Å². The van der Waals surface area contributed by atoms with E-state index in [1.54, 1.807) is 0 Å². The molecule has 0 saturated carbocycles. The molecule has 1 nitrogen and oxygen atoms in total. The van der Waals surface area contributed by atoms with Crippen LogP contribution >= 0.6 is 15.9 Å². The molecule has 0 radical (unpaired) electrons. The van der Waals surface area contributed by atoms with Crippen LogP contribution in [-0.4, -0.2) is 11.9 Å². The van der Waals surface area contributed by atoms with Crippen molar-refractivity contribution in [1.29, 1.82) is 0 Å². The highest BCUT2D eigenvalue weighted by Crippen LogP contribution is 2.14. The molecule has 0 saturated heterocycles. The van der Waals surface area contributed by atoms with Gasteiger partial charge in [0, 0.05) is 5.33 Å². The number of hydrogen-bond donors (Lipinski definition) is 0. The van der Waals surface area contributed by atoms with Gasteiger partial charge in [-0.05, 0) is 30.5 Å². The zero-order valence-corrected chi connectivity index (χ0v) is 12.3. The number of alkyl halides is 1. The molecule has 0 aromatic heterocycles. The van der Waals surface area contributed by atoms with Crippen LogP contribution in [0, 0.1) is 0 Å². The third-order valence-corrected chi connectivity index (χ3v) is 3.16. The number of aryl methyl sites for hydroxylation is 1. The Morgan fingerprint density at radius 3 is 2.35 bits per heavy atom. The lowest BCUT2D eigenvalue weighted by atomic mass is 10.1. The first kappa shape index (κ1) is 14.6. The molecule has 0 aliphatic heterocycles. The molecule has 0 fully saturated rings. The summed E-state index contributed by atoms with van der Waals surface area (Å²) in [6.45, 7) is 2.99. The van der Waals surface area contributed by atoms with Crippen molar-refractivity contribution in [3.8, 4) is 5.75 Å². The van der Waals surface area contributed by atoms with E-state index in [1.165, 1.54) is 44.1 Å². The zero-order chi connectivity index (χ0) is 12.3. The van der Waals surface area contributed by atoms with E-state index in [1.807, 2.05) is 0 Å². The summed E-state index contributed by atoms with van der Waals surface area (Å²) >= 11 is 3.35. The summed E-state index contributed by atoms with van der Waals surface area (Å²) in [6, 6.07) is 8.51. The number of rotatable bonds is 9. The standard InChI is InChI=1S/C15H23BrO/c1-2-3-4-5-6-7-14-8-10-15(11-9-14)17-13-12-16/h8-11H,2-7,12-13H2,1H3. The first-order valence-corrected chi connectivity index (χ1v) is 7.76. The van der Waals surface area contributed by atoms with Crippen molar-refractivity contribution in [3.05, 3.63) is 29.8 Å². The number of hydrogen-bond acceptors (Lipinski definition) is 1. The van der Waals surface area contributed by atoms with Gasteiger partial charge in [0.25, 0.3) is 0 Å². The minimum absolute atomic E-state index is 0.733. The molecule has 0 unspecified atom stereocenters. The lowest BCUT2D eigenvalue weighted by Gasteiger charge is -2.05. The largest absolute Gasteiger partial charge is 0.493 e. The lowest BCUT2D eigenvalue weighted by molar-refractivity contribution is 0.345. The molecule has 0 bridgehead atoms. The molecule has 1 rings (SSSR count). The van der Waals surface area contributed by atoms with Gasteiger partial charge in [0.05, 0.1) is 6.61 Å². The van der Waals surface area contributed by atoms with Crippen LogP contribution < -0.4 is 4.74 Å². The maximum absolute atomic E-state index is 5.52. The van der Waals surface area contributed by atoms with Crippen molar-refractivity contribution >= 4 is 15.9 Å². The van der Waals surface area contributed by atoms with Gasteiger partial charge in [-0.3, -0.25) is 0 Å². The Bertz CT molecular complexity index is 281. The number of halogens is 1. The molecule has 0 aliphatic carbocycles. The van der Waals surface area contributed by atoms with E-state index < -0.39 is 0 Å². The fraction of sp³-hybridized carbons (Fsp3) is 0.600. The highest BCUT2D eigenvalue weighted by molar-refractivity contribution is 9.09. The van der Waals surface area contributed by atoms with E-state index in [-0.39, 0.29) is 0 Å². The van der Waals surface area contributed by atoms with Crippen LogP contribution in [0.3, 0.4) is 0 Å². The molecular formula is C15H23BrO. The molecule has 0 heterocycles. The smallest absolute Gasteiger partial charge is 0.119 e. The Kier molecular flexibility index (Phi) is 8.16. The predicted molar refractivity (Wildman–Crippen MR) is 78.2 cm³/mol. The second-order valence-corrected chi connectivity index (χ2v) is 5.14. The molecule has 2 heteroatoms. The Morgan fingerprint density at radius 1 is 1.00 bits per heavy atom. The van der Waals surface area contributed by atoms with E-state index in [2.05, 4.69) is 47.1 Å². The summed E-state index contributed by atoms with van der Waals surface area (Å²) in [7, 11) is 0. The maximum atomic E-state index is 5.52. The number of ether oxygens (including phenoxy) is 1.